The Bertz CT molecular complexity index is 313. The lowest BCUT2D eigenvalue weighted by atomic mass is 10.1. The van der Waals surface area contributed by atoms with Crippen molar-refractivity contribution in [2.24, 2.45) is 0 Å². The van der Waals surface area contributed by atoms with Gasteiger partial charge in [0.05, 0.1) is 6.10 Å². The molecule has 2 heterocycles. The largest absolute Gasteiger partial charge is 0.618 e. The molecule has 1 aromatic heterocycles. The summed E-state index contributed by atoms with van der Waals surface area (Å²) in [6, 6.07) is 5.48. The standard InChI is InChI=1S/C11H15NO2S/c13-12-7-3-1-6-11(12)15-9-10-5-2-4-8-14-10/h1,3,6-7,10H,2,4-5,8-9H2/t10-/m0/s1. The molecule has 1 aromatic rings. The van der Waals surface area contributed by atoms with E-state index in [1.165, 1.54) is 19.0 Å². The Kier molecular flexibility index (Phi) is 3.86. The van der Waals surface area contributed by atoms with Gasteiger partial charge in [0, 0.05) is 24.5 Å². The van der Waals surface area contributed by atoms with Crippen LogP contribution in [0.2, 0.25) is 0 Å². The first-order valence-electron chi connectivity index (χ1n) is 5.29. The second-order valence-corrected chi connectivity index (χ2v) is 4.70. The topological polar surface area (TPSA) is 36.2 Å². The predicted molar refractivity (Wildman–Crippen MR) is 59.7 cm³/mol. The maximum Gasteiger partial charge on any atom is 0.251 e. The van der Waals surface area contributed by atoms with Crippen LogP contribution in [-0.4, -0.2) is 18.5 Å². The van der Waals surface area contributed by atoms with Crippen LogP contribution in [0.15, 0.2) is 29.4 Å². The monoisotopic (exact) mass is 225 g/mol. The van der Waals surface area contributed by atoms with E-state index in [1.807, 2.05) is 12.1 Å². The van der Waals surface area contributed by atoms with Crippen LogP contribution in [0.4, 0.5) is 0 Å². The molecule has 3 nitrogen and oxygen atoms in total. The van der Waals surface area contributed by atoms with Crippen LogP contribution in [0.5, 0.6) is 0 Å². The molecule has 0 aliphatic carbocycles. The van der Waals surface area contributed by atoms with Crippen LogP contribution in [0.3, 0.4) is 0 Å². The molecule has 1 saturated heterocycles. The lowest BCUT2D eigenvalue weighted by Gasteiger charge is -2.21. The minimum Gasteiger partial charge on any atom is -0.618 e. The Morgan fingerprint density at radius 1 is 1.47 bits per heavy atom. The molecule has 4 heteroatoms. The SMILES string of the molecule is [O-][n+]1ccccc1SC[C@@H]1CCCCO1. The van der Waals surface area contributed by atoms with Crippen LogP contribution >= 0.6 is 11.8 Å². The van der Waals surface area contributed by atoms with Gasteiger partial charge in [-0.25, -0.2) is 0 Å². The van der Waals surface area contributed by atoms with Gasteiger partial charge < -0.3 is 9.94 Å². The number of thioether (sulfide) groups is 1. The normalized spacial score (nSPS) is 21.5. The van der Waals surface area contributed by atoms with Gasteiger partial charge in [-0.2, -0.15) is 4.73 Å². The minimum atomic E-state index is 0.323. The molecule has 0 aromatic carbocycles. The van der Waals surface area contributed by atoms with Gasteiger partial charge in [-0.1, -0.05) is 11.8 Å². The van der Waals surface area contributed by atoms with Crippen LogP contribution in [0.1, 0.15) is 19.3 Å². The summed E-state index contributed by atoms with van der Waals surface area (Å²) in [5.41, 5.74) is 0. The maximum atomic E-state index is 11.3. The van der Waals surface area contributed by atoms with E-state index in [0.29, 0.717) is 6.10 Å². The Hall–Kier alpha value is -0.740. The summed E-state index contributed by atoms with van der Waals surface area (Å²) < 4.78 is 6.52. The first-order chi connectivity index (χ1) is 7.36. The highest BCUT2D eigenvalue weighted by Gasteiger charge is 2.15. The molecule has 1 aliphatic heterocycles. The van der Waals surface area contributed by atoms with Gasteiger partial charge in [0.25, 0.3) is 5.03 Å². The summed E-state index contributed by atoms with van der Waals surface area (Å²) in [6.07, 6.45) is 5.40. The zero-order valence-corrected chi connectivity index (χ0v) is 9.41. The molecule has 82 valence electrons. The van der Waals surface area contributed by atoms with Gasteiger partial charge in [0.2, 0.25) is 0 Å². The van der Waals surface area contributed by atoms with Gasteiger partial charge in [0.15, 0.2) is 6.20 Å². The van der Waals surface area contributed by atoms with E-state index in [9.17, 15) is 5.21 Å². The summed E-state index contributed by atoms with van der Waals surface area (Å²) in [5.74, 6) is 0.881. The molecule has 0 N–H and O–H groups in total. The smallest absolute Gasteiger partial charge is 0.251 e. The summed E-state index contributed by atoms with van der Waals surface area (Å²) >= 11 is 1.58. The third-order valence-electron chi connectivity index (χ3n) is 2.48. The number of ether oxygens (including phenoxy) is 1. The van der Waals surface area contributed by atoms with Crippen LogP contribution < -0.4 is 4.73 Å². The van der Waals surface area contributed by atoms with E-state index in [2.05, 4.69) is 0 Å². The number of aromatic nitrogens is 1. The quantitative estimate of drug-likeness (QED) is 0.448. The average molecular weight is 225 g/mol. The van der Waals surface area contributed by atoms with E-state index in [0.717, 1.165) is 28.5 Å². The van der Waals surface area contributed by atoms with Crippen molar-refractivity contribution in [3.63, 3.8) is 0 Å². The lowest BCUT2D eigenvalue weighted by molar-refractivity contribution is -0.645. The summed E-state index contributed by atoms with van der Waals surface area (Å²) in [5, 5.41) is 12.1. The second kappa shape index (κ2) is 5.37. The Labute approximate surface area is 94.0 Å². The number of nitrogens with zero attached hydrogens (tertiary/aromatic N) is 1. The molecule has 0 bridgehead atoms. The van der Waals surface area contributed by atoms with Gasteiger partial charge in [-0.05, 0) is 25.3 Å². The molecule has 1 aliphatic rings. The molecular formula is C11H15NO2S. The fourth-order valence-electron chi connectivity index (χ4n) is 1.64. The van der Waals surface area contributed by atoms with Gasteiger partial charge in [-0.3, -0.25) is 0 Å². The van der Waals surface area contributed by atoms with Gasteiger partial charge >= 0.3 is 0 Å². The van der Waals surface area contributed by atoms with E-state index in [4.69, 9.17) is 4.74 Å². The fourth-order valence-corrected chi connectivity index (χ4v) is 2.62. The number of rotatable bonds is 3. The first-order valence-corrected chi connectivity index (χ1v) is 6.27. The molecule has 0 spiro atoms. The van der Waals surface area contributed by atoms with Crippen molar-refractivity contribution in [3.8, 4) is 0 Å². The molecule has 0 radical (unpaired) electrons. The van der Waals surface area contributed by atoms with E-state index >= 15 is 0 Å². The van der Waals surface area contributed by atoms with Crippen molar-refractivity contribution in [1.82, 2.24) is 0 Å². The molecule has 0 saturated carbocycles. The number of hydrogen-bond acceptors (Lipinski definition) is 3. The fraction of sp³-hybridized carbons (Fsp3) is 0.545. The Balaban J connectivity index is 1.84. The lowest BCUT2D eigenvalue weighted by Crippen LogP contribution is -2.29. The van der Waals surface area contributed by atoms with Crippen molar-refractivity contribution in [1.29, 1.82) is 0 Å². The van der Waals surface area contributed by atoms with Crippen molar-refractivity contribution >= 4 is 11.8 Å². The van der Waals surface area contributed by atoms with Crippen molar-refractivity contribution in [2.75, 3.05) is 12.4 Å². The molecule has 2 rings (SSSR count). The molecule has 0 amide bonds. The number of pyridine rings is 1. The average Bonchev–Trinajstić information content (AvgIpc) is 2.29. The highest BCUT2D eigenvalue weighted by molar-refractivity contribution is 7.99. The van der Waals surface area contributed by atoms with Crippen molar-refractivity contribution < 1.29 is 9.47 Å². The first kappa shape index (κ1) is 10.8. The molecule has 1 atom stereocenters. The molecule has 15 heavy (non-hydrogen) atoms. The summed E-state index contributed by atoms with van der Waals surface area (Å²) in [7, 11) is 0. The van der Waals surface area contributed by atoms with Gasteiger partial charge in [0.1, 0.15) is 0 Å². The summed E-state index contributed by atoms with van der Waals surface area (Å²) in [4.78, 5) is 0. The molecule has 0 unspecified atom stereocenters. The van der Waals surface area contributed by atoms with Crippen LogP contribution in [-0.2, 0) is 4.74 Å². The number of hydrogen-bond donors (Lipinski definition) is 0. The predicted octanol–water partition coefficient (Wildman–Crippen LogP) is 1.98. The van der Waals surface area contributed by atoms with Crippen LogP contribution in [0.25, 0.3) is 0 Å². The zero-order valence-electron chi connectivity index (χ0n) is 8.59. The minimum absolute atomic E-state index is 0.323. The van der Waals surface area contributed by atoms with Crippen molar-refractivity contribution in [3.05, 3.63) is 29.6 Å². The van der Waals surface area contributed by atoms with Crippen molar-refractivity contribution in [2.45, 2.75) is 30.4 Å². The van der Waals surface area contributed by atoms with E-state index < -0.39 is 0 Å². The third kappa shape index (κ3) is 3.11. The van der Waals surface area contributed by atoms with Crippen LogP contribution in [0, 0.1) is 5.21 Å². The molecule has 1 fully saturated rings. The second-order valence-electron chi connectivity index (χ2n) is 3.66. The summed E-state index contributed by atoms with van der Waals surface area (Å²) in [6.45, 7) is 0.872. The zero-order chi connectivity index (χ0) is 10.5. The van der Waals surface area contributed by atoms with Gasteiger partial charge in [-0.15, -0.1) is 0 Å². The van der Waals surface area contributed by atoms with E-state index in [-0.39, 0.29) is 0 Å². The Morgan fingerprint density at radius 2 is 2.40 bits per heavy atom. The van der Waals surface area contributed by atoms with E-state index in [1.54, 1.807) is 17.8 Å². The highest BCUT2D eigenvalue weighted by atomic mass is 32.2. The Morgan fingerprint density at radius 3 is 3.13 bits per heavy atom. The molecular weight excluding hydrogens is 210 g/mol. The highest BCUT2D eigenvalue weighted by Crippen LogP contribution is 2.20. The maximum absolute atomic E-state index is 11.3. The third-order valence-corrected chi connectivity index (χ3v) is 3.63.